The lowest BCUT2D eigenvalue weighted by molar-refractivity contribution is -0.384. The predicted octanol–water partition coefficient (Wildman–Crippen LogP) is 2.75. The van der Waals surface area contributed by atoms with Crippen LogP contribution in [0.3, 0.4) is 0 Å². The molecule has 1 aliphatic heterocycles. The fraction of sp³-hybridized carbons (Fsp3) is 0.316. The molecule has 0 fully saturated rings. The number of hydrogen-bond donors (Lipinski definition) is 0. The molecular formula is C19H21N3O5S. The quantitative estimate of drug-likeness (QED) is 0.564. The highest BCUT2D eigenvalue weighted by Gasteiger charge is 2.28. The monoisotopic (exact) mass is 403 g/mol. The Bertz CT molecular complexity index is 1050. The number of nitro groups is 1. The van der Waals surface area contributed by atoms with Gasteiger partial charge in [-0.3, -0.25) is 19.2 Å². The Morgan fingerprint density at radius 2 is 1.96 bits per heavy atom. The summed E-state index contributed by atoms with van der Waals surface area (Å²) < 4.78 is 25.0. The molecule has 2 aromatic carbocycles. The average molecular weight is 403 g/mol. The van der Waals surface area contributed by atoms with Gasteiger partial charge in [0, 0.05) is 31.3 Å². The van der Waals surface area contributed by atoms with Gasteiger partial charge in [0.1, 0.15) is 0 Å². The van der Waals surface area contributed by atoms with Crippen LogP contribution in [0.15, 0.2) is 42.5 Å². The average Bonchev–Trinajstić information content (AvgIpc) is 3.09. The van der Waals surface area contributed by atoms with Gasteiger partial charge < -0.3 is 4.90 Å². The summed E-state index contributed by atoms with van der Waals surface area (Å²) in [6, 6.07) is 10.8. The Hall–Kier alpha value is -2.94. The summed E-state index contributed by atoms with van der Waals surface area (Å²) in [4.78, 5) is 25.0. The van der Waals surface area contributed by atoms with Gasteiger partial charge >= 0.3 is 0 Å². The van der Waals surface area contributed by atoms with Crippen molar-refractivity contribution in [2.24, 2.45) is 0 Å². The Labute approximate surface area is 163 Å². The molecule has 28 heavy (non-hydrogen) atoms. The van der Waals surface area contributed by atoms with Crippen LogP contribution in [-0.2, 0) is 16.4 Å². The van der Waals surface area contributed by atoms with Gasteiger partial charge in [0.05, 0.1) is 22.9 Å². The van der Waals surface area contributed by atoms with Gasteiger partial charge in [-0.1, -0.05) is 12.1 Å². The van der Waals surface area contributed by atoms with E-state index in [2.05, 4.69) is 0 Å². The smallest absolute Gasteiger partial charge is 0.269 e. The molecule has 0 bridgehead atoms. The first-order chi connectivity index (χ1) is 13.1. The molecular weight excluding hydrogens is 382 g/mol. The van der Waals surface area contributed by atoms with Crippen LogP contribution in [0.1, 0.15) is 34.5 Å². The molecule has 0 spiro atoms. The highest BCUT2D eigenvalue weighted by atomic mass is 32.2. The highest BCUT2D eigenvalue weighted by molar-refractivity contribution is 7.92. The summed E-state index contributed by atoms with van der Waals surface area (Å²) in [5, 5.41) is 11.0. The van der Waals surface area contributed by atoms with Crippen LogP contribution in [0.5, 0.6) is 0 Å². The van der Waals surface area contributed by atoms with Gasteiger partial charge in [-0.15, -0.1) is 0 Å². The molecule has 1 aliphatic rings. The minimum Gasteiger partial charge on any atom is -0.335 e. The second kappa shape index (κ2) is 7.23. The van der Waals surface area contributed by atoms with Crippen LogP contribution in [0.25, 0.3) is 0 Å². The SMILES string of the molecule is C[C@H](c1cccc([N+](=O)[O-])c1)N(C)C(=O)c1ccc2c(c1)CCN2S(C)(=O)=O. The third kappa shape index (κ3) is 3.70. The van der Waals surface area contributed by atoms with E-state index in [1.165, 1.54) is 21.3 Å². The highest BCUT2D eigenvalue weighted by Crippen LogP contribution is 2.32. The van der Waals surface area contributed by atoms with Gasteiger partial charge in [0.15, 0.2) is 0 Å². The minimum absolute atomic E-state index is 0.0244. The largest absolute Gasteiger partial charge is 0.335 e. The number of hydrogen-bond acceptors (Lipinski definition) is 5. The van der Waals surface area contributed by atoms with Crippen LogP contribution < -0.4 is 4.31 Å². The molecule has 0 N–H and O–H groups in total. The van der Waals surface area contributed by atoms with E-state index in [4.69, 9.17) is 0 Å². The van der Waals surface area contributed by atoms with Crippen molar-refractivity contribution in [3.8, 4) is 0 Å². The van der Waals surface area contributed by atoms with Gasteiger partial charge in [-0.05, 0) is 42.7 Å². The first kappa shape index (κ1) is 19.8. The zero-order chi connectivity index (χ0) is 20.6. The van der Waals surface area contributed by atoms with Gasteiger partial charge in [0.25, 0.3) is 11.6 Å². The van der Waals surface area contributed by atoms with E-state index in [-0.39, 0.29) is 17.6 Å². The fourth-order valence-electron chi connectivity index (χ4n) is 3.35. The molecule has 148 valence electrons. The molecule has 0 saturated carbocycles. The van der Waals surface area contributed by atoms with Crippen LogP contribution in [-0.4, -0.2) is 44.0 Å². The summed E-state index contributed by atoms with van der Waals surface area (Å²) in [6.07, 6.45) is 1.71. The number of amides is 1. The Morgan fingerprint density at radius 1 is 1.25 bits per heavy atom. The number of fused-ring (bicyclic) bond motifs is 1. The van der Waals surface area contributed by atoms with Crippen LogP contribution in [0, 0.1) is 10.1 Å². The lowest BCUT2D eigenvalue weighted by atomic mass is 10.0. The van der Waals surface area contributed by atoms with Crippen molar-refractivity contribution in [3.05, 3.63) is 69.3 Å². The third-order valence-corrected chi connectivity index (χ3v) is 6.22. The Kier molecular flexibility index (Phi) is 5.12. The van der Waals surface area contributed by atoms with Gasteiger partial charge in [0.2, 0.25) is 10.0 Å². The summed E-state index contributed by atoms with van der Waals surface area (Å²) in [7, 11) is -1.70. The fourth-order valence-corrected chi connectivity index (χ4v) is 4.31. The van der Waals surface area contributed by atoms with E-state index in [1.54, 1.807) is 44.3 Å². The first-order valence-electron chi connectivity index (χ1n) is 8.71. The molecule has 0 saturated heterocycles. The van der Waals surface area contributed by atoms with Crippen molar-refractivity contribution >= 4 is 27.3 Å². The zero-order valence-corrected chi connectivity index (χ0v) is 16.6. The molecule has 3 rings (SSSR count). The van der Waals surface area contributed by atoms with Crippen molar-refractivity contribution in [2.75, 3.05) is 24.2 Å². The maximum Gasteiger partial charge on any atom is 0.269 e. The second-order valence-corrected chi connectivity index (χ2v) is 8.78. The van der Waals surface area contributed by atoms with Crippen molar-refractivity contribution < 1.29 is 18.1 Å². The normalized spacial score (nSPS) is 14.5. The minimum atomic E-state index is -3.34. The first-order valence-corrected chi connectivity index (χ1v) is 10.6. The molecule has 9 heteroatoms. The lowest BCUT2D eigenvalue weighted by Crippen LogP contribution is -2.30. The third-order valence-electron chi connectivity index (χ3n) is 5.04. The summed E-state index contributed by atoms with van der Waals surface area (Å²) in [5.41, 5.74) is 2.51. The number of carbonyl (C=O) groups excluding carboxylic acids is 1. The molecule has 0 radical (unpaired) electrons. The molecule has 1 amide bonds. The Balaban J connectivity index is 1.84. The van der Waals surface area contributed by atoms with E-state index in [9.17, 15) is 23.3 Å². The zero-order valence-electron chi connectivity index (χ0n) is 15.8. The number of carbonyl (C=O) groups is 1. The molecule has 0 aromatic heterocycles. The maximum absolute atomic E-state index is 12.9. The number of benzene rings is 2. The van der Waals surface area contributed by atoms with E-state index in [0.29, 0.717) is 29.8 Å². The number of nitro benzene ring substituents is 1. The van der Waals surface area contributed by atoms with Crippen LogP contribution in [0.2, 0.25) is 0 Å². The lowest BCUT2D eigenvalue weighted by Gasteiger charge is -2.25. The van der Waals surface area contributed by atoms with Crippen LogP contribution in [0.4, 0.5) is 11.4 Å². The Morgan fingerprint density at radius 3 is 2.61 bits per heavy atom. The standard InChI is InChI=1S/C19H21N3O5S/c1-13(14-5-4-6-17(12-14)22(24)25)20(2)19(23)16-7-8-18-15(11-16)9-10-21(18)28(3,26)27/h4-8,11-13H,9-10H2,1-3H3/t13-/m1/s1. The summed E-state index contributed by atoms with van der Waals surface area (Å²) >= 11 is 0. The summed E-state index contributed by atoms with van der Waals surface area (Å²) in [5.74, 6) is -0.236. The van der Waals surface area contributed by atoms with Crippen molar-refractivity contribution in [3.63, 3.8) is 0 Å². The van der Waals surface area contributed by atoms with Crippen molar-refractivity contribution in [1.29, 1.82) is 0 Å². The van der Waals surface area contributed by atoms with E-state index < -0.39 is 14.9 Å². The number of rotatable bonds is 5. The molecule has 2 aromatic rings. The van der Waals surface area contributed by atoms with Crippen LogP contribution >= 0.6 is 0 Å². The van der Waals surface area contributed by atoms with Gasteiger partial charge in [-0.2, -0.15) is 0 Å². The van der Waals surface area contributed by atoms with Crippen molar-refractivity contribution in [1.82, 2.24) is 4.90 Å². The maximum atomic E-state index is 12.9. The molecule has 0 aliphatic carbocycles. The topological polar surface area (TPSA) is 101 Å². The number of nitrogens with zero attached hydrogens (tertiary/aromatic N) is 3. The van der Waals surface area contributed by atoms with Crippen molar-refractivity contribution in [2.45, 2.75) is 19.4 Å². The molecule has 1 atom stereocenters. The number of sulfonamides is 1. The van der Waals surface area contributed by atoms with E-state index in [0.717, 1.165) is 11.8 Å². The second-order valence-electron chi connectivity index (χ2n) is 6.87. The van der Waals surface area contributed by atoms with Gasteiger partial charge in [-0.25, -0.2) is 8.42 Å². The number of non-ortho nitro benzene ring substituents is 1. The summed E-state index contributed by atoms with van der Waals surface area (Å²) in [6.45, 7) is 2.17. The molecule has 0 unspecified atom stereocenters. The van der Waals surface area contributed by atoms with E-state index in [1.807, 2.05) is 0 Å². The molecule has 1 heterocycles. The predicted molar refractivity (Wildman–Crippen MR) is 106 cm³/mol. The number of anilines is 1. The molecule has 8 nitrogen and oxygen atoms in total. The van der Waals surface area contributed by atoms with E-state index >= 15 is 0 Å².